The normalized spacial score (nSPS) is 14.0. The van der Waals surface area contributed by atoms with Crippen LogP contribution in [0, 0.1) is 18.7 Å². The summed E-state index contributed by atoms with van der Waals surface area (Å²) in [6.07, 6.45) is 3.38. The highest BCUT2D eigenvalue weighted by atomic mass is 32.2. The Labute approximate surface area is 162 Å². The highest BCUT2D eigenvalue weighted by Gasteiger charge is 2.21. The smallest absolute Gasteiger partial charge is 0.323 e. The third-order valence-corrected chi connectivity index (χ3v) is 6.44. The first-order chi connectivity index (χ1) is 13.0. The van der Waals surface area contributed by atoms with E-state index in [0.717, 1.165) is 33.6 Å². The van der Waals surface area contributed by atoms with Crippen LogP contribution in [0.15, 0.2) is 47.4 Å². The molecule has 1 aliphatic rings. The van der Waals surface area contributed by atoms with Crippen molar-refractivity contribution in [2.24, 2.45) is 5.92 Å². The molecule has 1 heterocycles. The predicted octanol–water partition coefficient (Wildman–Crippen LogP) is 5.27. The van der Waals surface area contributed by atoms with Crippen LogP contribution < -0.4 is 0 Å². The molecule has 140 valence electrons. The second kappa shape index (κ2) is 7.39. The van der Waals surface area contributed by atoms with Gasteiger partial charge in [0.15, 0.2) is 0 Å². The van der Waals surface area contributed by atoms with E-state index >= 15 is 0 Å². The number of hydrogen-bond donors (Lipinski definition) is 1. The van der Waals surface area contributed by atoms with Crippen molar-refractivity contribution in [3.8, 4) is 0 Å². The van der Waals surface area contributed by atoms with E-state index in [9.17, 15) is 14.3 Å². The number of aromatic nitrogens is 1. The largest absolute Gasteiger partial charge is 0.480 e. The molecule has 0 atom stereocenters. The fraction of sp³-hybridized carbons (Fsp3) is 0.318. The van der Waals surface area contributed by atoms with E-state index in [1.807, 2.05) is 18.7 Å². The minimum absolute atomic E-state index is 0.120. The summed E-state index contributed by atoms with van der Waals surface area (Å²) in [5.74, 6) is 0.888. The van der Waals surface area contributed by atoms with Crippen molar-refractivity contribution in [1.29, 1.82) is 0 Å². The van der Waals surface area contributed by atoms with Crippen LogP contribution in [0.2, 0.25) is 0 Å². The van der Waals surface area contributed by atoms with E-state index in [0.29, 0.717) is 6.42 Å². The third-order valence-electron chi connectivity index (χ3n) is 5.20. The summed E-state index contributed by atoms with van der Waals surface area (Å²) >= 11 is 1.91. The molecular weight excluding hydrogens is 361 g/mol. The Kier molecular flexibility index (Phi) is 4.96. The summed E-state index contributed by atoms with van der Waals surface area (Å²) in [6, 6.07) is 13.1. The van der Waals surface area contributed by atoms with Crippen LogP contribution in [0.25, 0.3) is 10.9 Å². The summed E-state index contributed by atoms with van der Waals surface area (Å²) in [5, 5.41) is 10.0. The molecule has 1 fully saturated rings. The monoisotopic (exact) mass is 383 g/mol. The molecule has 3 aromatic rings. The van der Waals surface area contributed by atoms with Crippen molar-refractivity contribution in [2.75, 3.05) is 5.75 Å². The Morgan fingerprint density at radius 1 is 1.22 bits per heavy atom. The van der Waals surface area contributed by atoms with E-state index in [-0.39, 0.29) is 12.4 Å². The second-order valence-electron chi connectivity index (χ2n) is 7.28. The SMILES string of the molecule is Cc1c(Cc2ccc(SCC3CC3)cc2)c2cc(F)ccc2n1CC(=O)O. The molecule has 0 saturated heterocycles. The Balaban J connectivity index is 1.63. The molecule has 27 heavy (non-hydrogen) atoms. The van der Waals surface area contributed by atoms with Gasteiger partial charge in [0.1, 0.15) is 12.4 Å². The average Bonchev–Trinajstić information content (AvgIpc) is 3.44. The summed E-state index contributed by atoms with van der Waals surface area (Å²) < 4.78 is 15.6. The first-order valence-corrected chi connectivity index (χ1v) is 10.2. The molecule has 0 spiro atoms. The Hall–Kier alpha value is -2.27. The van der Waals surface area contributed by atoms with E-state index in [4.69, 9.17) is 0 Å². The van der Waals surface area contributed by atoms with Crippen molar-refractivity contribution >= 4 is 28.6 Å². The molecule has 2 aromatic carbocycles. The zero-order chi connectivity index (χ0) is 19.0. The van der Waals surface area contributed by atoms with Crippen LogP contribution in [-0.4, -0.2) is 21.4 Å². The highest BCUT2D eigenvalue weighted by molar-refractivity contribution is 7.99. The van der Waals surface area contributed by atoms with Crippen molar-refractivity contribution in [2.45, 2.75) is 37.6 Å². The summed E-state index contributed by atoms with van der Waals surface area (Å²) in [7, 11) is 0. The van der Waals surface area contributed by atoms with Crippen molar-refractivity contribution in [3.63, 3.8) is 0 Å². The van der Waals surface area contributed by atoms with Gasteiger partial charge in [-0.15, -0.1) is 11.8 Å². The second-order valence-corrected chi connectivity index (χ2v) is 8.37. The topological polar surface area (TPSA) is 42.2 Å². The molecule has 0 bridgehead atoms. The van der Waals surface area contributed by atoms with Crippen molar-refractivity contribution < 1.29 is 14.3 Å². The molecule has 1 saturated carbocycles. The van der Waals surface area contributed by atoms with Gasteiger partial charge in [-0.25, -0.2) is 4.39 Å². The molecular formula is C22H22FNO2S. The number of halogens is 1. The van der Waals surface area contributed by atoms with Crippen LogP contribution in [0.1, 0.15) is 29.7 Å². The maximum atomic E-state index is 13.8. The summed E-state index contributed by atoms with van der Waals surface area (Å²) in [4.78, 5) is 12.5. The van der Waals surface area contributed by atoms with Gasteiger partial charge in [-0.3, -0.25) is 4.79 Å². The number of hydrogen-bond acceptors (Lipinski definition) is 2. The number of fused-ring (bicyclic) bond motifs is 1. The molecule has 0 aliphatic heterocycles. The maximum Gasteiger partial charge on any atom is 0.323 e. The van der Waals surface area contributed by atoms with Gasteiger partial charge < -0.3 is 9.67 Å². The number of rotatable bonds is 7. The molecule has 0 radical (unpaired) electrons. The van der Waals surface area contributed by atoms with Gasteiger partial charge in [0.25, 0.3) is 0 Å². The molecule has 3 nitrogen and oxygen atoms in total. The van der Waals surface area contributed by atoms with E-state index in [1.165, 1.54) is 35.6 Å². The van der Waals surface area contributed by atoms with Gasteiger partial charge in [0.05, 0.1) is 0 Å². The minimum Gasteiger partial charge on any atom is -0.480 e. The van der Waals surface area contributed by atoms with Crippen LogP contribution >= 0.6 is 11.8 Å². The Morgan fingerprint density at radius 2 is 1.96 bits per heavy atom. The quantitative estimate of drug-likeness (QED) is 0.566. The molecule has 1 N–H and O–H groups in total. The average molecular weight is 383 g/mol. The zero-order valence-corrected chi connectivity index (χ0v) is 16.1. The lowest BCUT2D eigenvalue weighted by Gasteiger charge is -2.07. The van der Waals surface area contributed by atoms with Gasteiger partial charge in [-0.2, -0.15) is 0 Å². The number of carboxylic acid groups (broad SMARTS) is 1. The maximum absolute atomic E-state index is 13.8. The van der Waals surface area contributed by atoms with Crippen LogP contribution in [-0.2, 0) is 17.8 Å². The van der Waals surface area contributed by atoms with Gasteiger partial charge in [-0.1, -0.05) is 12.1 Å². The Bertz CT molecular complexity index is 990. The van der Waals surface area contributed by atoms with E-state index < -0.39 is 5.97 Å². The number of aliphatic carboxylic acids is 1. The predicted molar refractivity (Wildman–Crippen MR) is 107 cm³/mol. The summed E-state index contributed by atoms with van der Waals surface area (Å²) in [6.45, 7) is 1.79. The fourth-order valence-corrected chi connectivity index (χ4v) is 4.58. The molecule has 1 aromatic heterocycles. The standard InChI is InChI=1S/C22H22FNO2S/c1-14-19(10-15-4-7-18(8-5-15)27-13-16-2-3-16)20-11-17(23)6-9-21(20)24(14)12-22(25)26/h4-9,11,16H,2-3,10,12-13H2,1H3,(H,25,26). The number of carbonyl (C=O) groups is 1. The van der Waals surface area contributed by atoms with E-state index in [2.05, 4.69) is 24.3 Å². The first kappa shape index (κ1) is 18.1. The lowest BCUT2D eigenvalue weighted by atomic mass is 10.0. The van der Waals surface area contributed by atoms with Crippen LogP contribution in [0.3, 0.4) is 0 Å². The molecule has 1 aliphatic carbocycles. The lowest BCUT2D eigenvalue weighted by Crippen LogP contribution is -2.10. The van der Waals surface area contributed by atoms with Crippen molar-refractivity contribution in [1.82, 2.24) is 4.57 Å². The Morgan fingerprint density at radius 3 is 2.63 bits per heavy atom. The minimum atomic E-state index is -0.900. The first-order valence-electron chi connectivity index (χ1n) is 9.22. The van der Waals surface area contributed by atoms with Gasteiger partial charge in [-0.05, 0) is 73.6 Å². The molecule has 5 heteroatoms. The van der Waals surface area contributed by atoms with E-state index in [1.54, 1.807) is 10.6 Å². The molecule has 0 unspecified atom stereocenters. The number of carboxylic acids is 1. The van der Waals surface area contributed by atoms with Gasteiger partial charge in [0, 0.05) is 27.2 Å². The van der Waals surface area contributed by atoms with Gasteiger partial charge >= 0.3 is 5.97 Å². The van der Waals surface area contributed by atoms with Crippen molar-refractivity contribution in [3.05, 3.63) is 65.1 Å². The zero-order valence-electron chi connectivity index (χ0n) is 15.2. The lowest BCUT2D eigenvalue weighted by molar-refractivity contribution is -0.137. The number of benzene rings is 2. The van der Waals surface area contributed by atoms with Crippen LogP contribution in [0.4, 0.5) is 4.39 Å². The number of nitrogens with zero attached hydrogens (tertiary/aromatic N) is 1. The summed E-state index contributed by atoms with van der Waals surface area (Å²) in [5.41, 5.74) is 3.78. The van der Waals surface area contributed by atoms with Crippen LogP contribution in [0.5, 0.6) is 0 Å². The third kappa shape index (κ3) is 4.03. The molecule has 4 rings (SSSR count). The molecule has 0 amide bonds. The van der Waals surface area contributed by atoms with Gasteiger partial charge in [0.2, 0.25) is 0 Å². The number of thioether (sulfide) groups is 1. The highest BCUT2D eigenvalue weighted by Crippen LogP contribution is 2.35. The fourth-order valence-electron chi connectivity index (χ4n) is 3.49.